The number of carbonyl (C=O) groups is 2. The number of imidazole rings is 1. The normalized spacial score (nSPS) is 16.3. The van der Waals surface area contributed by atoms with Crippen LogP contribution in [-0.2, 0) is 11.3 Å². The first kappa shape index (κ1) is 22.4. The Hall–Kier alpha value is -3.43. The van der Waals surface area contributed by atoms with Crippen molar-refractivity contribution in [3.63, 3.8) is 0 Å². The molecule has 2 aliphatic heterocycles. The Morgan fingerprint density at radius 2 is 2.06 bits per heavy atom. The molecule has 34 heavy (non-hydrogen) atoms. The van der Waals surface area contributed by atoms with E-state index in [1.807, 2.05) is 24.3 Å². The van der Waals surface area contributed by atoms with Crippen LogP contribution >= 0.6 is 0 Å². The van der Waals surface area contributed by atoms with Crippen LogP contribution < -0.4 is 10.2 Å². The lowest BCUT2D eigenvalue weighted by molar-refractivity contribution is 0.0517. The predicted octanol–water partition coefficient (Wildman–Crippen LogP) is 2.77. The molecule has 0 atom stereocenters. The summed E-state index contributed by atoms with van der Waals surface area (Å²) in [5.41, 5.74) is 4.02. The molecule has 0 bridgehead atoms. The molecule has 2 amide bonds. The summed E-state index contributed by atoms with van der Waals surface area (Å²) in [6, 6.07) is 9.24. The fourth-order valence-corrected chi connectivity index (χ4v) is 4.50. The van der Waals surface area contributed by atoms with Gasteiger partial charge in [-0.15, -0.1) is 0 Å². The van der Waals surface area contributed by atoms with Gasteiger partial charge in [0.25, 0.3) is 11.8 Å². The average Bonchev–Trinajstić information content (AvgIpc) is 3.41. The van der Waals surface area contributed by atoms with Gasteiger partial charge >= 0.3 is 0 Å². The van der Waals surface area contributed by atoms with Gasteiger partial charge in [0.1, 0.15) is 5.52 Å². The van der Waals surface area contributed by atoms with Gasteiger partial charge in [-0.3, -0.25) is 9.59 Å². The molecule has 0 unspecified atom stereocenters. The zero-order valence-corrected chi connectivity index (χ0v) is 19.4. The number of hydrogen-bond acceptors (Lipinski definition) is 6. The zero-order valence-electron chi connectivity index (χ0n) is 19.4. The van der Waals surface area contributed by atoms with Gasteiger partial charge in [0, 0.05) is 31.7 Å². The van der Waals surface area contributed by atoms with Gasteiger partial charge in [-0.1, -0.05) is 6.07 Å². The molecule has 3 N–H and O–H groups in total. The van der Waals surface area contributed by atoms with Crippen LogP contribution in [0.4, 0.5) is 11.4 Å². The molecule has 178 valence electrons. The van der Waals surface area contributed by atoms with Gasteiger partial charge in [0.2, 0.25) is 0 Å². The highest BCUT2D eigenvalue weighted by Crippen LogP contribution is 2.35. The number of nitrogens with one attached hydrogen (secondary N) is 2. The Labute approximate surface area is 197 Å². The molecule has 2 aromatic carbocycles. The number of amides is 2. The predicted molar refractivity (Wildman–Crippen MR) is 129 cm³/mol. The Bertz CT molecular complexity index is 1240. The van der Waals surface area contributed by atoms with Crippen LogP contribution in [0.15, 0.2) is 36.7 Å². The molecular formula is C25H29N5O4. The van der Waals surface area contributed by atoms with E-state index in [0.717, 1.165) is 16.8 Å². The van der Waals surface area contributed by atoms with E-state index in [0.29, 0.717) is 68.1 Å². The second-order valence-electron chi connectivity index (χ2n) is 9.47. The summed E-state index contributed by atoms with van der Waals surface area (Å²) in [5.74, 6) is -0.303. The van der Waals surface area contributed by atoms with Crippen molar-refractivity contribution >= 4 is 34.2 Å². The number of morpholine rings is 1. The van der Waals surface area contributed by atoms with Gasteiger partial charge in [0.15, 0.2) is 0 Å². The first-order chi connectivity index (χ1) is 16.3. The third-order valence-corrected chi connectivity index (χ3v) is 6.39. The number of rotatable bonds is 6. The van der Waals surface area contributed by atoms with E-state index in [9.17, 15) is 14.7 Å². The molecule has 3 aromatic rings. The standard InChI is InChI=1S/C25H29N5O4/c1-25(2,33)6-7-30-14-16-12-20(21(13-18(16)24(30)32)29-8-10-34-11-9-29)28-23(31)17-4-3-5-19-22(17)27-15-26-19/h3-5,12-13,15,33H,6-11,14H2,1-2H3,(H,26,27)(H,28,31). The Morgan fingerprint density at radius 1 is 1.26 bits per heavy atom. The van der Waals surface area contributed by atoms with E-state index < -0.39 is 5.60 Å². The van der Waals surface area contributed by atoms with Crippen LogP contribution in [0.25, 0.3) is 11.0 Å². The molecule has 0 aliphatic carbocycles. The van der Waals surface area contributed by atoms with E-state index in [-0.39, 0.29) is 11.8 Å². The average molecular weight is 464 g/mol. The van der Waals surface area contributed by atoms with Crippen molar-refractivity contribution in [2.24, 2.45) is 0 Å². The number of para-hydroxylation sites is 1. The first-order valence-corrected chi connectivity index (χ1v) is 11.5. The van der Waals surface area contributed by atoms with E-state index in [4.69, 9.17) is 4.74 Å². The Balaban J connectivity index is 1.47. The number of carbonyl (C=O) groups excluding carboxylic acids is 2. The highest BCUT2D eigenvalue weighted by molar-refractivity contribution is 6.13. The molecule has 5 rings (SSSR count). The lowest BCUT2D eigenvalue weighted by atomic mass is 10.1. The fourth-order valence-electron chi connectivity index (χ4n) is 4.50. The number of benzene rings is 2. The van der Waals surface area contributed by atoms with Crippen LogP contribution in [0.5, 0.6) is 0 Å². The topological polar surface area (TPSA) is 111 Å². The summed E-state index contributed by atoms with van der Waals surface area (Å²) in [5, 5.41) is 13.2. The minimum Gasteiger partial charge on any atom is -0.390 e. The number of nitrogens with zero attached hydrogens (tertiary/aromatic N) is 3. The molecule has 0 radical (unpaired) electrons. The smallest absolute Gasteiger partial charge is 0.257 e. The van der Waals surface area contributed by atoms with Crippen LogP contribution in [-0.4, -0.2) is 70.2 Å². The van der Waals surface area contributed by atoms with Crippen molar-refractivity contribution in [3.05, 3.63) is 53.3 Å². The van der Waals surface area contributed by atoms with Crippen LogP contribution in [0.1, 0.15) is 46.5 Å². The largest absolute Gasteiger partial charge is 0.390 e. The van der Waals surface area contributed by atoms with Crippen molar-refractivity contribution in [1.82, 2.24) is 14.9 Å². The Morgan fingerprint density at radius 3 is 2.82 bits per heavy atom. The molecular weight excluding hydrogens is 434 g/mol. The lowest BCUT2D eigenvalue weighted by Gasteiger charge is -2.31. The summed E-state index contributed by atoms with van der Waals surface area (Å²) >= 11 is 0. The van der Waals surface area contributed by atoms with E-state index in [1.165, 1.54) is 0 Å². The Kier molecular flexibility index (Phi) is 5.75. The van der Waals surface area contributed by atoms with Crippen molar-refractivity contribution in [2.45, 2.75) is 32.4 Å². The number of anilines is 2. The molecule has 9 nitrogen and oxygen atoms in total. The zero-order chi connectivity index (χ0) is 23.9. The van der Waals surface area contributed by atoms with Crippen molar-refractivity contribution < 1.29 is 19.4 Å². The van der Waals surface area contributed by atoms with E-state index in [2.05, 4.69) is 20.2 Å². The lowest BCUT2D eigenvalue weighted by Crippen LogP contribution is -2.37. The second-order valence-corrected chi connectivity index (χ2v) is 9.47. The van der Waals surface area contributed by atoms with Crippen molar-refractivity contribution in [1.29, 1.82) is 0 Å². The number of hydrogen-bond donors (Lipinski definition) is 3. The van der Waals surface area contributed by atoms with Crippen molar-refractivity contribution in [2.75, 3.05) is 43.1 Å². The number of H-pyrrole nitrogens is 1. The summed E-state index contributed by atoms with van der Waals surface area (Å²) in [6.45, 7) is 6.92. The molecule has 0 spiro atoms. The van der Waals surface area contributed by atoms with Crippen LogP contribution in [0.2, 0.25) is 0 Å². The molecule has 3 heterocycles. The highest BCUT2D eigenvalue weighted by Gasteiger charge is 2.31. The fraction of sp³-hybridized carbons (Fsp3) is 0.400. The maximum atomic E-state index is 13.3. The number of aliphatic hydroxyl groups is 1. The molecule has 1 fully saturated rings. The molecule has 1 aromatic heterocycles. The maximum absolute atomic E-state index is 13.3. The summed E-state index contributed by atoms with van der Waals surface area (Å²) in [7, 11) is 0. The summed E-state index contributed by atoms with van der Waals surface area (Å²) < 4.78 is 5.51. The minimum absolute atomic E-state index is 0.0482. The van der Waals surface area contributed by atoms with E-state index in [1.54, 1.807) is 31.1 Å². The van der Waals surface area contributed by atoms with Gasteiger partial charge in [-0.2, -0.15) is 0 Å². The molecule has 9 heteroatoms. The SMILES string of the molecule is CC(C)(O)CCN1Cc2cc(NC(=O)c3cccc4[nH]cnc34)c(N3CCOCC3)cc2C1=O. The van der Waals surface area contributed by atoms with Gasteiger partial charge in [-0.25, -0.2) is 4.98 Å². The summed E-state index contributed by atoms with van der Waals surface area (Å²) in [6.07, 6.45) is 2.06. The van der Waals surface area contributed by atoms with E-state index >= 15 is 0 Å². The maximum Gasteiger partial charge on any atom is 0.257 e. The van der Waals surface area contributed by atoms with Gasteiger partial charge in [0.05, 0.1) is 47.6 Å². The van der Waals surface area contributed by atoms with Crippen LogP contribution in [0.3, 0.4) is 0 Å². The summed E-state index contributed by atoms with van der Waals surface area (Å²) in [4.78, 5) is 37.6. The number of aromatic amines is 1. The molecule has 1 saturated heterocycles. The third kappa shape index (κ3) is 4.36. The third-order valence-electron chi connectivity index (χ3n) is 6.39. The highest BCUT2D eigenvalue weighted by atomic mass is 16.5. The van der Waals surface area contributed by atoms with Crippen molar-refractivity contribution in [3.8, 4) is 0 Å². The second kappa shape index (κ2) is 8.73. The quantitative estimate of drug-likeness (QED) is 0.519. The molecule has 0 saturated carbocycles. The molecule has 2 aliphatic rings. The monoisotopic (exact) mass is 463 g/mol. The number of aromatic nitrogens is 2. The number of ether oxygens (including phenoxy) is 1. The first-order valence-electron chi connectivity index (χ1n) is 11.5. The van der Waals surface area contributed by atoms with Crippen LogP contribution in [0, 0.1) is 0 Å². The number of fused-ring (bicyclic) bond motifs is 2. The van der Waals surface area contributed by atoms with Gasteiger partial charge < -0.3 is 29.9 Å². The minimum atomic E-state index is -0.847. The van der Waals surface area contributed by atoms with Gasteiger partial charge in [-0.05, 0) is 50.1 Å².